The van der Waals surface area contributed by atoms with E-state index in [-0.39, 0.29) is 5.91 Å². The SMILES string of the molecule is COCc1ccc(C(=O)N(Cc2ccsc2)C2CC23CCNCC3)o1. The van der Waals surface area contributed by atoms with Crippen LogP contribution in [0.3, 0.4) is 0 Å². The van der Waals surface area contributed by atoms with Crippen LogP contribution in [0, 0.1) is 5.41 Å². The summed E-state index contributed by atoms with van der Waals surface area (Å²) in [6.07, 6.45) is 3.41. The number of nitrogens with one attached hydrogen (secondary N) is 1. The minimum atomic E-state index is -0.00559. The molecule has 1 unspecified atom stereocenters. The van der Waals surface area contributed by atoms with Gasteiger partial charge in [0.15, 0.2) is 5.76 Å². The molecule has 0 aromatic carbocycles. The molecule has 6 heteroatoms. The van der Waals surface area contributed by atoms with E-state index in [4.69, 9.17) is 9.15 Å². The van der Waals surface area contributed by atoms with Crippen LogP contribution in [-0.4, -0.2) is 37.0 Å². The molecule has 0 radical (unpaired) electrons. The smallest absolute Gasteiger partial charge is 0.290 e. The van der Waals surface area contributed by atoms with E-state index < -0.39 is 0 Å². The van der Waals surface area contributed by atoms with Gasteiger partial charge >= 0.3 is 0 Å². The minimum absolute atomic E-state index is 0.00559. The van der Waals surface area contributed by atoms with Gasteiger partial charge in [0.1, 0.15) is 12.4 Å². The molecule has 1 amide bonds. The Hall–Kier alpha value is -1.63. The van der Waals surface area contributed by atoms with Gasteiger partial charge < -0.3 is 19.4 Å². The van der Waals surface area contributed by atoms with E-state index >= 15 is 0 Å². The Bertz CT molecular complexity index is 719. The van der Waals surface area contributed by atoms with E-state index in [2.05, 4.69) is 22.1 Å². The molecule has 1 aliphatic carbocycles. The molecule has 25 heavy (non-hydrogen) atoms. The van der Waals surface area contributed by atoms with E-state index in [9.17, 15) is 4.79 Å². The highest BCUT2D eigenvalue weighted by Crippen LogP contribution is 2.56. The Morgan fingerprint density at radius 1 is 1.40 bits per heavy atom. The third-order valence-electron chi connectivity index (χ3n) is 5.48. The maximum absolute atomic E-state index is 13.2. The molecular weight excluding hydrogens is 336 g/mol. The fraction of sp³-hybridized carbons (Fsp3) is 0.526. The Labute approximate surface area is 152 Å². The van der Waals surface area contributed by atoms with E-state index in [0.29, 0.717) is 36.1 Å². The maximum atomic E-state index is 13.2. The average molecular weight is 360 g/mol. The number of amides is 1. The first kappa shape index (κ1) is 16.8. The molecule has 1 saturated carbocycles. The maximum Gasteiger partial charge on any atom is 0.290 e. The van der Waals surface area contributed by atoms with Gasteiger partial charge in [0, 0.05) is 19.7 Å². The zero-order valence-corrected chi connectivity index (χ0v) is 15.3. The van der Waals surface area contributed by atoms with Crippen LogP contribution in [0.4, 0.5) is 0 Å². The number of rotatable bonds is 6. The third-order valence-corrected chi connectivity index (χ3v) is 6.21. The largest absolute Gasteiger partial charge is 0.453 e. The Morgan fingerprint density at radius 3 is 2.96 bits per heavy atom. The number of thiophene rings is 1. The minimum Gasteiger partial charge on any atom is -0.453 e. The molecule has 0 bridgehead atoms. The fourth-order valence-corrected chi connectivity index (χ4v) is 4.65. The summed E-state index contributed by atoms with van der Waals surface area (Å²) in [6, 6.07) is 6.01. The summed E-state index contributed by atoms with van der Waals surface area (Å²) in [4.78, 5) is 15.2. The molecular formula is C19H24N2O3S. The van der Waals surface area contributed by atoms with Crippen LogP contribution >= 0.6 is 11.3 Å². The van der Waals surface area contributed by atoms with Crippen molar-refractivity contribution in [3.05, 3.63) is 46.0 Å². The molecule has 1 aliphatic heterocycles. The summed E-state index contributed by atoms with van der Waals surface area (Å²) in [5.74, 6) is 1.10. The van der Waals surface area contributed by atoms with Gasteiger partial charge in [-0.25, -0.2) is 0 Å². The number of piperidine rings is 1. The standard InChI is InChI=1S/C19H24N2O3S/c1-23-12-15-2-3-16(24-15)18(22)21(11-14-4-9-25-13-14)17-10-19(17)5-7-20-8-6-19/h2-4,9,13,17,20H,5-8,10-12H2,1H3. The molecule has 1 atom stereocenters. The van der Waals surface area contributed by atoms with Crippen molar-refractivity contribution in [1.82, 2.24) is 10.2 Å². The summed E-state index contributed by atoms with van der Waals surface area (Å²) < 4.78 is 10.8. The predicted octanol–water partition coefficient (Wildman–Crippen LogP) is 3.27. The summed E-state index contributed by atoms with van der Waals surface area (Å²) in [5, 5.41) is 7.62. The molecule has 134 valence electrons. The highest BCUT2D eigenvalue weighted by atomic mass is 32.1. The van der Waals surface area contributed by atoms with Crippen molar-refractivity contribution in [2.45, 2.75) is 38.5 Å². The number of nitrogens with zero attached hydrogens (tertiary/aromatic N) is 1. The van der Waals surface area contributed by atoms with Crippen molar-refractivity contribution in [3.63, 3.8) is 0 Å². The quantitative estimate of drug-likeness (QED) is 0.859. The van der Waals surface area contributed by atoms with Crippen LogP contribution in [0.25, 0.3) is 0 Å². The van der Waals surface area contributed by atoms with E-state index in [0.717, 1.165) is 32.4 Å². The van der Waals surface area contributed by atoms with E-state index in [1.165, 1.54) is 5.56 Å². The van der Waals surface area contributed by atoms with Gasteiger partial charge in [-0.15, -0.1) is 0 Å². The zero-order valence-electron chi connectivity index (χ0n) is 14.5. The molecule has 2 fully saturated rings. The topological polar surface area (TPSA) is 54.7 Å². The lowest BCUT2D eigenvalue weighted by Crippen LogP contribution is -2.39. The van der Waals surface area contributed by atoms with Gasteiger partial charge in [0.2, 0.25) is 0 Å². The number of carbonyl (C=O) groups is 1. The highest BCUT2D eigenvalue weighted by molar-refractivity contribution is 7.07. The molecule has 4 rings (SSSR count). The van der Waals surface area contributed by atoms with Gasteiger partial charge in [-0.2, -0.15) is 11.3 Å². The van der Waals surface area contributed by atoms with E-state index in [1.54, 1.807) is 24.5 Å². The number of carbonyl (C=O) groups excluding carboxylic acids is 1. The number of ether oxygens (including phenoxy) is 1. The molecule has 5 nitrogen and oxygen atoms in total. The fourth-order valence-electron chi connectivity index (χ4n) is 3.99. The first-order valence-electron chi connectivity index (χ1n) is 8.82. The van der Waals surface area contributed by atoms with Crippen LogP contribution in [0.2, 0.25) is 0 Å². The van der Waals surface area contributed by atoms with Crippen LogP contribution in [-0.2, 0) is 17.9 Å². The van der Waals surface area contributed by atoms with Crippen LogP contribution in [0.5, 0.6) is 0 Å². The van der Waals surface area contributed by atoms with Crippen LogP contribution in [0.15, 0.2) is 33.4 Å². The summed E-state index contributed by atoms with van der Waals surface area (Å²) >= 11 is 1.67. The number of furan rings is 1. The third kappa shape index (κ3) is 3.38. The van der Waals surface area contributed by atoms with Crippen LogP contribution < -0.4 is 5.32 Å². The number of hydrogen-bond acceptors (Lipinski definition) is 5. The molecule has 1 N–H and O–H groups in total. The van der Waals surface area contributed by atoms with Crippen molar-refractivity contribution in [2.75, 3.05) is 20.2 Å². The molecule has 2 aliphatic rings. The monoisotopic (exact) mass is 360 g/mol. The zero-order chi connectivity index (χ0) is 17.3. The molecule has 2 aromatic rings. The highest BCUT2D eigenvalue weighted by Gasteiger charge is 2.58. The molecule has 1 saturated heterocycles. The Kier molecular flexibility index (Phi) is 4.67. The van der Waals surface area contributed by atoms with Crippen molar-refractivity contribution in [1.29, 1.82) is 0 Å². The lowest BCUT2D eigenvalue weighted by molar-refractivity contribution is 0.0652. The van der Waals surface area contributed by atoms with Crippen LogP contribution in [0.1, 0.15) is 41.1 Å². The van der Waals surface area contributed by atoms with Crippen molar-refractivity contribution in [3.8, 4) is 0 Å². The lowest BCUT2D eigenvalue weighted by atomic mass is 9.93. The first-order chi connectivity index (χ1) is 12.2. The van der Waals surface area contributed by atoms with Crippen molar-refractivity contribution >= 4 is 17.2 Å². The van der Waals surface area contributed by atoms with Gasteiger partial charge in [-0.1, -0.05) is 0 Å². The molecule has 3 heterocycles. The predicted molar refractivity (Wildman–Crippen MR) is 96.6 cm³/mol. The number of methoxy groups -OCH3 is 1. The Balaban J connectivity index is 1.55. The second-order valence-corrected chi connectivity index (χ2v) is 7.88. The average Bonchev–Trinajstić information content (AvgIpc) is 3.04. The normalized spacial score (nSPS) is 21.4. The second kappa shape index (κ2) is 6.94. The Morgan fingerprint density at radius 2 is 2.24 bits per heavy atom. The van der Waals surface area contributed by atoms with Crippen molar-refractivity contribution in [2.24, 2.45) is 5.41 Å². The lowest BCUT2D eigenvalue weighted by Gasteiger charge is -2.29. The summed E-state index contributed by atoms with van der Waals surface area (Å²) in [5.41, 5.74) is 1.50. The van der Waals surface area contributed by atoms with Gasteiger partial charge in [-0.3, -0.25) is 4.79 Å². The summed E-state index contributed by atoms with van der Waals surface area (Å²) in [6.45, 7) is 3.14. The van der Waals surface area contributed by atoms with Gasteiger partial charge in [-0.05, 0) is 72.3 Å². The van der Waals surface area contributed by atoms with Gasteiger partial charge in [0.05, 0.1) is 0 Å². The number of hydrogen-bond donors (Lipinski definition) is 1. The molecule has 2 aromatic heterocycles. The summed E-state index contributed by atoms with van der Waals surface area (Å²) in [7, 11) is 1.62. The van der Waals surface area contributed by atoms with Gasteiger partial charge in [0.25, 0.3) is 5.91 Å². The first-order valence-corrected chi connectivity index (χ1v) is 9.76. The van der Waals surface area contributed by atoms with Crippen molar-refractivity contribution < 1.29 is 13.9 Å². The second-order valence-electron chi connectivity index (χ2n) is 7.10. The molecule has 1 spiro atoms. The van der Waals surface area contributed by atoms with E-state index in [1.807, 2.05) is 11.0 Å².